The Morgan fingerprint density at radius 1 is 1.09 bits per heavy atom. The Morgan fingerprint density at radius 3 is 2.55 bits per heavy atom. The van der Waals surface area contributed by atoms with Crippen molar-refractivity contribution < 1.29 is 19.8 Å². The standard InChI is InChI=1S/C14H10N4O4/c15-14-16-11-10(13(21)22)5-9(6-18(11)17-14)7-2-1-3-8(4-7)12(19)20/h1-6H,(H2,15,17)(H,19,20)(H,21,22). The maximum absolute atomic E-state index is 11.4. The number of carbonyl (C=O) groups is 2. The van der Waals surface area contributed by atoms with Crippen LogP contribution in [0.15, 0.2) is 36.5 Å². The summed E-state index contributed by atoms with van der Waals surface area (Å²) in [6, 6.07) is 7.58. The maximum atomic E-state index is 11.4. The number of hydrogen-bond acceptors (Lipinski definition) is 5. The van der Waals surface area contributed by atoms with Crippen molar-refractivity contribution in [2.75, 3.05) is 5.73 Å². The maximum Gasteiger partial charge on any atom is 0.339 e. The van der Waals surface area contributed by atoms with Crippen molar-refractivity contribution in [1.82, 2.24) is 14.6 Å². The van der Waals surface area contributed by atoms with E-state index in [1.165, 1.54) is 22.7 Å². The SMILES string of the molecule is Nc1nc2c(C(=O)O)cc(-c3cccc(C(=O)O)c3)cn2n1. The first-order valence-corrected chi connectivity index (χ1v) is 6.18. The number of benzene rings is 1. The minimum Gasteiger partial charge on any atom is -0.478 e. The summed E-state index contributed by atoms with van der Waals surface area (Å²) in [6.45, 7) is 0. The van der Waals surface area contributed by atoms with Crippen molar-refractivity contribution in [2.45, 2.75) is 0 Å². The van der Waals surface area contributed by atoms with Gasteiger partial charge in [-0.15, -0.1) is 5.10 Å². The van der Waals surface area contributed by atoms with Crippen LogP contribution in [0.1, 0.15) is 20.7 Å². The summed E-state index contributed by atoms with van der Waals surface area (Å²) in [5.74, 6) is -2.28. The van der Waals surface area contributed by atoms with Crippen LogP contribution >= 0.6 is 0 Å². The molecule has 4 N–H and O–H groups in total. The molecule has 0 radical (unpaired) electrons. The number of nitrogen functional groups attached to an aromatic ring is 1. The molecule has 0 aliphatic rings. The van der Waals surface area contributed by atoms with Crippen molar-refractivity contribution in [3.63, 3.8) is 0 Å². The van der Waals surface area contributed by atoms with E-state index in [0.717, 1.165) is 0 Å². The van der Waals surface area contributed by atoms with Crippen LogP contribution < -0.4 is 5.73 Å². The van der Waals surface area contributed by atoms with Gasteiger partial charge in [0, 0.05) is 11.8 Å². The summed E-state index contributed by atoms with van der Waals surface area (Å²) in [5.41, 5.74) is 6.72. The normalized spacial score (nSPS) is 10.7. The second kappa shape index (κ2) is 4.85. The molecule has 0 saturated carbocycles. The van der Waals surface area contributed by atoms with Crippen LogP contribution in [0.4, 0.5) is 5.95 Å². The van der Waals surface area contributed by atoms with Gasteiger partial charge in [0.15, 0.2) is 5.65 Å². The van der Waals surface area contributed by atoms with Gasteiger partial charge in [0.2, 0.25) is 5.95 Å². The molecule has 0 atom stereocenters. The van der Waals surface area contributed by atoms with Crippen molar-refractivity contribution in [1.29, 1.82) is 0 Å². The third kappa shape index (κ3) is 2.22. The number of nitrogens with two attached hydrogens (primary N) is 1. The number of carboxylic acid groups (broad SMARTS) is 2. The molecule has 0 amide bonds. The molecule has 3 rings (SSSR count). The fraction of sp³-hybridized carbons (Fsp3) is 0. The largest absolute Gasteiger partial charge is 0.478 e. The van der Waals surface area contributed by atoms with Gasteiger partial charge >= 0.3 is 11.9 Å². The molecule has 0 saturated heterocycles. The molecule has 110 valence electrons. The lowest BCUT2D eigenvalue weighted by atomic mass is 10.0. The zero-order valence-corrected chi connectivity index (χ0v) is 11.1. The highest BCUT2D eigenvalue weighted by Gasteiger charge is 2.15. The van der Waals surface area contributed by atoms with E-state index >= 15 is 0 Å². The van der Waals surface area contributed by atoms with Crippen LogP contribution in [-0.2, 0) is 0 Å². The zero-order chi connectivity index (χ0) is 15.9. The molecule has 0 unspecified atom stereocenters. The highest BCUT2D eigenvalue weighted by molar-refractivity contribution is 5.96. The molecule has 0 spiro atoms. The lowest BCUT2D eigenvalue weighted by Gasteiger charge is -2.06. The number of aromatic carboxylic acids is 2. The Bertz CT molecular complexity index is 916. The second-order valence-electron chi connectivity index (χ2n) is 4.57. The molecule has 8 heteroatoms. The Labute approximate surface area is 123 Å². The monoisotopic (exact) mass is 298 g/mol. The number of fused-ring (bicyclic) bond motifs is 1. The summed E-state index contributed by atoms with van der Waals surface area (Å²) >= 11 is 0. The topological polar surface area (TPSA) is 131 Å². The molecular formula is C14H10N4O4. The van der Waals surface area contributed by atoms with Crippen LogP contribution in [0.25, 0.3) is 16.8 Å². The molecular weight excluding hydrogens is 288 g/mol. The first-order valence-electron chi connectivity index (χ1n) is 6.18. The van der Waals surface area contributed by atoms with Crippen LogP contribution in [0.2, 0.25) is 0 Å². The molecule has 2 aromatic heterocycles. The van der Waals surface area contributed by atoms with Crippen LogP contribution in [0.3, 0.4) is 0 Å². The minimum atomic E-state index is -1.17. The van der Waals surface area contributed by atoms with E-state index in [4.69, 9.17) is 10.8 Å². The Kier molecular flexibility index (Phi) is 2.99. The van der Waals surface area contributed by atoms with Gasteiger partial charge in [-0.2, -0.15) is 4.98 Å². The van der Waals surface area contributed by atoms with Gasteiger partial charge in [0.25, 0.3) is 0 Å². The van der Waals surface area contributed by atoms with Crippen LogP contribution in [0.5, 0.6) is 0 Å². The second-order valence-corrected chi connectivity index (χ2v) is 4.57. The minimum absolute atomic E-state index is 0.0427. The van der Waals surface area contributed by atoms with Gasteiger partial charge in [0.1, 0.15) is 5.56 Å². The van der Waals surface area contributed by atoms with Gasteiger partial charge in [0.05, 0.1) is 5.56 Å². The number of nitrogens with zero attached hydrogens (tertiary/aromatic N) is 3. The van der Waals surface area contributed by atoms with Crippen molar-refractivity contribution in [3.8, 4) is 11.1 Å². The number of carboxylic acids is 2. The van der Waals surface area contributed by atoms with E-state index in [2.05, 4.69) is 10.1 Å². The highest BCUT2D eigenvalue weighted by atomic mass is 16.4. The molecule has 0 bridgehead atoms. The fourth-order valence-corrected chi connectivity index (χ4v) is 2.15. The predicted molar refractivity (Wildman–Crippen MR) is 76.8 cm³/mol. The van der Waals surface area contributed by atoms with Gasteiger partial charge in [-0.1, -0.05) is 12.1 Å². The first kappa shape index (κ1) is 13.6. The number of rotatable bonds is 3. The van der Waals surface area contributed by atoms with Crippen molar-refractivity contribution in [2.24, 2.45) is 0 Å². The van der Waals surface area contributed by atoms with E-state index in [1.807, 2.05) is 0 Å². The third-order valence-corrected chi connectivity index (χ3v) is 3.12. The van der Waals surface area contributed by atoms with Crippen LogP contribution in [-0.4, -0.2) is 36.7 Å². The van der Waals surface area contributed by atoms with Gasteiger partial charge in [-0.25, -0.2) is 14.1 Å². The van der Waals surface area contributed by atoms with Gasteiger partial charge in [-0.3, -0.25) is 0 Å². The highest BCUT2D eigenvalue weighted by Crippen LogP contribution is 2.24. The molecule has 0 aliphatic carbocycles. The molecule has 0 aliphatic heterocycles. The summed E-state index contributed by atoms with van der Waals surface area (Å²) in [5, 5.41) is 22.2. The lowest BCUT2D eigenvalue weighted by molar-refractivity contribution is 0.0686. The van der Waals surface area contributed by atoms with Crippen molar-refractivity contribution in [3.05, 3.63) is 47.7 Å². The average Bonchev–Trinajstić information content (AvgIpc) is 2.86. The van der Waals surface area contributed by atoms with E-state index in [9.17, 15) is 14.7 Å². The van der Waals surface area contributed by atoms with E-state index in [-0.39, 0.29) is 22.7 Å². The Hall–Kier alpha value is -3.42. The summed E-state index contributed by atoms with van der Waals surface area (Å²) in [4.78, 5) is 26.3. The van der Waals surface area contributed by atoms with E-state index in [1.54, 1.807) is 18.3 Å². The predicted octanol–water partition coefficient (Wildman–Crippen LogP) is 1.37. The molecule has 3 aromatic rings. The summed E-state index contributed by atoms with van der Waals surface area (Å²) in [6.07, 6.45) is 1.55. The summed E-state index contributed by atoms with van der Waals surface area (Å²) in [7, 11) is 0. The number of hydrogen-bond donors (Lipinski definition) is 3. The lowest BCUT2D eigenvalue weighted by Crippen LogP contribution is -2.03. The van der Waals surface area contributed by atoms with Crippen molar-refractivity contribution >= 4 is 23.5 Å². The Balaban J connectivity index is 2.25. The Morgan fingerprint density at radius 2 is 1.86 bits per heavy atom. The number of pyridine rings is 1. The van der Waals surface area contributed by atoms with Gasteiger partial charge < -0.3 is 15.9 Å². The first-order chi connectivity index (χ1) is 10.5. The number of anilines is 1. The quantitative estimate of drug-likeness (QED) is 0.665. The summed E-state index contributed by atoms with van der Waals surface area (Å²) < 4.78 is 1.27. The van der Waals surface area contributed by atoms with E-state index in [0.29, 0.717) is 11.1 Å². The zero-order valence-electron chi connectivity index (χ0n) is 11.1. The number of aromatic nitrogens is 3. The van der Waals surface area contributed by atoms with E-state index < -0.39 is 11.9 Å². The molecule has 22 heavy (non-hydrogen) atoms. The molecule has 2 heterocycles. The average molecular weight is 298 g/mol. The van der Waals surface area contributed by atoms with Crippen LogP contribution in [0, 0.1) is 0 Å². The smallest absolute Gasteiger partial charge is 0.339 e. The molecule has 1 aromatic carbocycles. The van der Waals surface area contributed by atoms with Gasteiger partial charge in [-0.05, 0) is 23.8 Å². The third-order valence-electron chi connectivity index (χ3n) is 3.12. The fourth-order valence-electron chi connectivity index (χ4n) is 2.15. The molecule has 8 nitrogen and oxygen atoms in total. The molecule has 0 fully saturated rings.